The molecule has 0 bridgehead atoms. The molecule has 0 saturated carbocycles. The molecule has 0 radical (unpaired) electrons. The Morgan fingerprint density at radius 3 is 2.72 bits per heavy atom. The maximum atomic E-state index is 12.2. The Balaban J connectivity index is 1.75. The fourth-order valence-electron chi connectivity index (χ4n) is 2.08. The highest BCUT2D eigenvalue weighted by molar-refractivity contribution is 7.99. The Hall–Kier alpha value is -1.18. The number of pyridine rings is 1. The second kappa shape index (κ2) is 7.60. The average Bonchev–Trinajstić information content (AvgIpc) is 2.96. The zero-order valence-corrected chi connectivity index (χ0v) is 16.5. The molecule has 2 aromatic heterocycles. The molecule has 5 nitrogen and oxygen atoms in total. The van der Waals surface area contributed by atoms with Crippen LogP contribution in [0.25, 0.3) is 5.65 Å². The fraction of sp³-hybridized carbons (Fsp3) is 0.133. The Morgan fingerprint density at radius 1 is 1.20 bits per heavy atom. The van der Waals surface area contributed by atoms with Gasteiger partial charge in [-0.25, -0.2) is 0 Å². The Labute approximate surface area is 167 Å². The molecule has 10 heteroatoms. The first-order valence-electron chi connectivity index (χ1n) is 6.94. The topological polar surface area (TPSA) is 59.3 Å². The van der Waals surface area contributed by atoms with Crippen LogP contribution in [0.15, 0.2) is 29.6 Å². The molecule has 3 rings (SSSR count). The third-order valence-corrected chi connectivity index (χ3v) is 5.51. The molecular weight excluding hydrogens is 426 g/mol. The van der Waals surface area contributed by atoms with E-state index < -0.39 is 0 Å². The molecule has 0 fully saturated rings. The van der Waals surface area contributed by atoms with Crippen molar-refractivity contribution >= 4 is 75.4 Å². The molecule has 2 heterocycles. The molecule has 130 valence electrons. The minimum atomic E-state index is -0.274. The molecule has 0 unspecified atom stereocenters. The van der Waals surface area contributed by atoms with Gasteiger partial charge in [-0.05, 0) is 24.6 Å². The van der Waals surface area contributed by atoms with E-state index in [1.54, 1.807) is 28.8 Å². The zero-order valence-electron chi connectivity index (χ0n) is 12.7. The molecule has 0 aliphatic carbocycles. The summed E-state index contributed by atoms with van der Waals surface area (Å²) < 4.78 is 1.63. The molecular formula is C15H10Cl4N4OS. The maximum absolute atomic E-state index is 12.2. The van der Waals surface area contributed by atoms with Crippen molar-refractivity contribution in [1.82, 2.24) is 14.6 Å². The van der Waals surface area contributed by atoms with Gasteiger partial charge in [-0.2, -0.15) is 0 Å². The number of amides is 1. The van der Waals surface area contributed by atoms with Crippen LogP contribution in [0.2, 0.25) is 20.1 Å². The summed E-state index contributed by atoms with van der Waals surface area (Å²) in [4.78, 5) is 12.2. The van der Waals surface area contributed by atoms with Crippen LogP contribution in [0.4, 0.5) is 5.69 Å². The Kier molecular flexibility index (Phi) is 5.65. The van der Waals surface area contributed by atoms with Crippen LogP contribution in [-0.2, 0) is 4.79 Å². The number of aryl methyl sites for hydroxylation is 1. The predicted molar refractivity (Wildman–Crippen MR) is 104 cm³/mol. The number of nitrogens with zero attached hydrogens (tertiary/aromatic N) is 3. The molecule has 0 saturated heterocycles. The van der Waals surface area contributed by atoms with Crippen LogP contribution in [0.5, 0.6) is 0 Å². The minimum absolute atomic E-state index is 0.0888. The number of fused-ring (bicyclic) bond motifs is 1. The van der Waals surface area contributed by atoms with Gasteiger partial charge in [0, 0.05) is 6.20 Å². The Bertz CT molecular complexity index is 976. The van der Waals surface area contributed by atoms with E-state index in [0.717, 1.165) is 5.56 Å². The quantitative estimate of drug-likeness (QED) is 0.558. The predicted octanol–water partition coefficient (Wildman–Crippen LogP) is 5.38. The van der Waals surface area contributed by atoms with E-state index in [2.05, 4.69) is 15.5 Å². The van der Waals surface area contributed by atoms with Crippen LogP contribution in [0.3, 0.4) is 0 Å². The summed E-state index contributed by atoms with van der Waals surface area (Å²) in [5.41, 5.74) is 1.69. The number of thioether (sulfide) groups is 1. The number of aromatic nitrogens is 3. The van der Waals surface area contributed by atoms with Crippen LogP contribution >= 0.6 is 58.2 Å². The summed E-state index contributed by atoms with van der Waals surface area (Å²) >= 11 is 25.5. The highest BCUT2D eigenvalue weighted by atomic mass is 35.5. The van der Waals surface area contributed by atoms with E-state index in [1.165, 1.54) is 11.8 Å². The summed E-state index contributed by atoms with van der Waals surface area (Å²) in [5.74, 6) is -0.185. The first-order valence-corrected chi connectivity index (χ1v) is 9.43. The standard InChI is InChI=1S/C15H10Cl4N4OS/c1-7-2-3-9(17)13(12(7)19)20-11(24)6-25-15-22-21-14-10(18)4-8(16)5-23(14)15/h2-5H,6H2,1H3,(H,20,24). The van der Waals surface area contributed by atoms with Crippen molar-refractivity contribution in [2.45, 2.75) is 12.1 Å². The number of carbonyl (C=O) groups excluding carboxylic acids is 1. The molecule has 0 aliphatic heterocycles. The van der Waals surface area contributed by atoms with E-state index in [-0.39, 0.29) is 11.7 Å². The second-order valence-corrected chi connectivity index (χ2v) is 7.64. The molecule has 3 aromatic rings. The lowest BCUT2D eigenvalue weighted by Gasteiger charge is -2.10. The number of hydrogen-bond acceptors (Lipinski definition) is 4. The highest BCUT2D eigenvalue weighted by Gasteiger charge is 2.15. The van der Waals surface area contributed by atoms with Crippen molar-refractivity contribution in [3.05, 3.63) is 50.0 Å². The van der Waals surface area contributed by atoms with Crippen molar-refractivity contribution in [2.75, 3.05) is 11.1 Å². The van der Waals surface area contributed by atoms with Gasteiger partial charge >= 0.3 is 0 Å². The summed E-state index contributed by atoms with van der Waals surface area (Å²) in [6.07, 6.45) is 1.64. The number of hydrogen-bond donors (Lipinski definition) is 1. The van der Waals surface area contributed by atoms with Crippen LogP contribution in [0, 0.1) is 6.92 Å². The van der Waals surface area contributed by atoms with Gasteiger partial charge in [-0.1, -0.05) is 64.2 Å². The minimum Gasteiger partial charge on any atom is -0.323 e. The molecule has 0 aliphatic rings. The van der Waals surface area contributed by atoms with Gasteiger partial charge < -0.3 is 5.32 Å². The number of carbonyl (C=O) groups is 1. The molecule has 0 spiro atoms. The van der Waals surface area contributed by atoms with Gasteiger partial charge in [0.15, 0.2) is 10.8 Å². The molecule has 1 amide bonds. The van der Waals surface area contributed by atoms with Crippen molar-refractivity contribution < 1.29 is 4.79 Å². The summed E-state index contributed by atoms with van der Waals surface area (Å²) in [6, 6.07) is 5.04. The average molecular weight is 436 g/mol. The Morgan fingerprint density at radius 2 is 1.96 bits per heavy atom. The fourth-order valence-corrected chi connectivity index (χ4v) is 3.76. The van der Waals surface area contributed by atoms with Crippen molar-refractivity contribution in [2.24, 2.45) is 0 Å². The first kappa shape index (κ1) is 18.6. The largest absolute Gasteiger partial charge is 0.323 e. The third-order valence-electron chi connectivity index (χ3n) is 3.28. The molecule has 1 N–H and O–H groups in total. The first-order chi connectivity index (χ1) is 11.9. The SMILES string of the molecule is Cc1ccc(Cl)c(NC(=O)CSc2nnc3c(Cl)cc(Cl)cn23)c1Cl. The smallest absolute Gasteiger partial charge is 0.234 e. The molecule has 1 aromatic carbocycles. The van der Waals surface area contributed by atoms with Gasteiger partial charge in [0.25, 0.3) is 0 Å². The van der Waals surface area contributed by atoms with Gasteiger partial charge in [0.1, 0.15) is 0 Å². The molecule has 0 atom stereocenters. The lowest BCUT2D eigenvalue weighted by atomic mass is 10.2. The monoisotopic (exact) mass is 434 g/mol. The van der Waals surface area contributed by atoms with E-state index in [9.17, 15) is 4.79 Å². The lowest BCUT2D eigenvalue weighted by Crippen LogP contribution is -2.15. The number of halogens is 4. The number of benzene rings is 1. The van der Waals surface area contributed by atoms with Gasteiger partial charge in [-0.3, -0.25) is 9.20 Å². The van der Waals surface area contributed by atoms with Crippen molar-refractivity contribution in [3.63, 3.8) is 0 Å². The summed E-state index contributed by atoms with van der Waals surface area (Å²) in [7, 11) is 0. The highest BCUT2D eigenvalue weighted by Crippen LogP contribution is 2.33. The van der Waals surface area contributed by atoms with E-state index in [4.69, 9.17) is 46.4 Å². The van der Waals surface area contributed by atoms with Gasteiger partial charge in [0.2, 0.25) is 5.91 Å². The summed E-state index contributed by atoms with van der Waals surface area (Å²) in [6.45, 7) is 1.83. The van der Waals surface area contributed by atoms with Crippen LogP contribution in [0.1, 0.15) is 5.56 Å². The van der Waals surface area contributed by atoms with Crippen molar-refractivity contribution in [1.29, 1.82) is 0 Å². The van der Waals surface area contributed by atoms with E-state index >= 15 is 0 Å². The molecule has 25 heavy (non-hydrogen) atoms. The van der Waals surface area contributed by atoms with Crippen LogP contribution in [-0.4, -0.2) is 26.3 Å². The van der Waals surface area contributed by atoms with Crippen LogP contribution < -0.4 is 5.32 Å². The van der Waals surface area contributed by atoms with Gasteiger partial charge in [-0.15, -0.1) is 10.2 Å². The van der Waals surface area contributed by atoms with Crippen molar-refractivity contribution in [3.8, 4) is 0 Å². The number of rotatable bonds is 4. The van der Waals surface area contributed by atoms with Gasteiger partial charge in [0.05, 0.1) is 31.5 Å². The zero-order chi connectivity index (χ0) is 18.1. The number of nitrogens with one attached hydrogen (secondary N) is 1. The number of anilines is 1. The van der Waals surface area contributed by atoms with E-state index in [1.807, 2.05) is 6.92 Å². The van der Waals surface area contributed by atoms with E-state index in [0.29, 0.717) is 36.6 Å². The normalized spacial score (nSPS) is 11.1. The lowest BCUT2D eigenvalue weighted by molar-refractivity contribution is -0.113. The second-order valence-electron chi connectivity index (χ2n) is 5.07. The third kappa shape index (κ3) is 3.99. The maximum Gasteiger partial charge on any atom is 0.234 e. The summed E-state index contributed by atoms with van der Waals surface area (Å²) in [5, 5.41) is 12.9.